The Bertz CT molecular complexity index is 107. The number of carboxylic acid groups (broad SMARTS) is 1. The highest BCUT2D eigenvalue weighted by Gasteiger charge is 2.17. The van der Waals surface area contributed by atoms with Gasteiger partial charge in [0, 0.05) is 0 Å². The number of nitrogens with two attached hydrogens (primary N) is 1. The van der Waals surface area contributed by atoms with Crippen LogP contribution in [0.1, 0.15) is 6.42 Å². The van der Waals surface area contributed by atoms with Gasteiger partial charge in [-0.25, -0.2) is 8.78 Å². The van der Waals surface area contributed by atoms with E-state index in [4.69, 9.17) is 5.11 Å². The molecule has 0 rings (SSSR count). The lowest BCUT2D eigenvalue weighted by Gasteiger charge is -2.04. The highest BCUT2D eigenvalue weighted by atomic mass is 19.3. The van der Waals surface area contributed by atoms with Gasteiger partial charge in [-0.3, -0.25) is 4.79 Å². The molecule has 3 N–H and O–H groups in total. The van der Waals surface area contributed by atoms with E-state index in [1.807, 2.05) is 0 Å². The van der Waals surface area contributed by atoms with E-state index in [1.54, 1.807) is 0 Å². The number of carbonyl (C=O) groups is 1. The third-order valence-corrected chi connectivity index (χ3v) is 0.734. The molecule has 0 heterocycles. The van der Waals surface area contributed by atoms with Gasteiger partial charge < -0.3 is 10.8 Å². The molecular weight excluding hydrogens is 132 g/mol. The minimum absolute atomic E-state index is 0.683. The van der Waals surface area contributed by atoms with Crippen LogP contribution in [-0.2, 0) is 4.79 Å². The Hall–Kier alpha value is -0.710. The van der Waals surface area contributed by atoms with E-state index in [-0.39, 0.29) is 0 Å². The van der Waals surface area contributed by atoms with Crippen molar-refractivity contribution in [1.29, 1.82) is 0 Å². The van der Waals surface area contributed by atoms with Crippen LogP contribution in [-0.4, -0.2) is 23.5 Å². The molecule has 54 valence electrons. The second-order valence-corrected chi connectivity index (χ2v) is 1.60. The highest BCUT2D eigenvalue weighted by molar-refractivity contribution is 5.67. The molecule has 0 bridgehead atoms. The largest absolute Gasteiger partial charge is 0.481 e. The maximum atomic E-state index is 11.4. The number of halogens is 2. The molecule has 0 aliphatic heterocycles. The number of hydrogen-bond acceptors (Lipinski definition) is 2. The lowest BCUT2D eigenvalue weighted by atomic mass is 10.2. The minimum atomic E-state index is -2.75. The topological polar surface area (TPSA) is 63.3 Å². The van der Waals surface area contributed by atoms with Crippen LogP contribution < -0.4 is 5.73 Å². The molecule has 0 saturated heterocycles. The van der Waals surface area contributed by atoms with Gasteiger partial charge in [0.15, 0.2) is 0 Å². The molecule has 0 spiro atoms. The summed E-state index contributed by atoms with van der Waals surface area (Å²) >= 11 is 0. The molecule has 0 fully saturated rings. The van der Waals surface area contributed by atoms with Crippen LogP contribution in [0.5, 0.6) is 0 Å². The van der Waals surface area contributed by atoms with Crippen LogP contribution in [0.4, 0.5) is 8.78 Å². The Morgan fingerprint density at radius 2 is 2.11 bits per heavy atom. The summed E-state index contributed by atoms with van der Waals surface area (Å²) in [5.74, 6) is -1.30. The number of alkyl halides is 2. The lowest BCUT2D eigenvalue weighted by Crippen LogP contribution is -2.31. The van der Waals surface area contributed by atoms with Gasteiger partial charge in [0.2, 0.25) is 0 Å². The molecule has 1 atom stereocenters. The van der Waals surface area contributed by atoms with Gasteiger partial charge in [-0.05, 0) is 0 Å². The standard InChI is InChI=1S/C4H7F2NO2/c5-4(6)2(7)1-3(8)9/h2,4H,1,7H2,(H,8,9)/t2-/m1/s1. The molecule has 0 unspecified atom stereocenters. The summed E-state index contributed by atoms with van der Waals surface area (Å²) in [5, 5.41) is 7.92. The molecule has 3 nitrogen and oxygen atoms in total. The fourth-order valence-corrected chi connectivity index (χ4v) is 0.291. The van der Waals surface area contributed by atoms with Crippen LogP contribution >= 0.6 is 0 Å². The Labute approximate surface area is 50.5 Å². The van der Waals surface area contributed by atoms with Gasteiger partial charge in [-0.15, -0.1) is 0 Å². The van der Waals surface area contributed by atoms with E-state index >= 15 is 0 Å². The van der Waals surface area contributed by atoms with Crippen LogP contribution in [0.15, 0.2) is 0 Å². The Morgan fingerprint density at radius 3 is 2.22 bits per heavy atom. The van der Waals surface area contributed by atoms with E-state index in [2.05, 4.69) is 5.73 Å². The third-order valence-electron chi connectivity index (χ3n) is 0.734. The molecule has 0 radical (unpaired) electrons. The first kappa shape index (κ1) is 8.29. The maximum Gasteiger partial charge on any atom is 0.305 e. The van der Waals surface area contributed by atoms with Gasteiger partial charge in [0.25, 0.3) is 6.43 Å². The van der Waals surface area contributed by atoms with Crippen molar-refractivity contribution in [3.63, 3.8) is 0 Å². The van der Waals surface area contributed by atoms with Gasteiger partial charge in [0.05, 0.1) is 12.5 Å². The van der Waals surface area contributed by atoms with E-state index in [9.17, 15) is 13.6 Å². The zero-order chi connectivity index (χ0) is 7.44. The van der Waals surface area contributed by atoms with Crippen molar-refractivity contribution in [1.82, 2.24) is 0 Å². The average Bonchev–Trinajstić information content (AvgIpc) is 1.63. The van der Waals surface area contributed by atoms with E-state index in [1.165, 1.54) is 0 Å². The maximum absolute atomic E-state index is 11.4. The summed E-state index contributed by atoms with van der Waals surface area (Å²) in [6.45, 7) is 0. The SMILES string of the molecule is N[C@H](CC(=O)O)C(F)F. The van der Waals surface area contributed by atoms with Gasteiger partial charge in [0.1, 0.15) is 0 Å². The van der Waals surface area contributed by atoms with Gasteiger partial charge in [-0.1, -0.05) is 0 Å². The van der Waals surface area contributed by atoms with Crippen LogP contribution in [0.25, 0.3) is 0 Å². The number of carboxylic acids is 1. The smallest absolute Gasteiger partial charge is 0.305 e. The summed E-state index contributed by atoms with van der Waals surface area (Å²) in [5.41, 5.74) is 4.69. The third kappa shape index (κ3) is 3.84. The first-order valence-corrected chi connectivity index (χ1v) is 2.29. The monoisotopic (exact) mass is 139 g/mol. The predicted octanol–water partition coefficient (Wildman–Crippen LogP) is 0.0535. The van der Waals surface area contributed by atoms with Gasteiger partial charge >= 0.3 is 5.97 Å². The van der Waals surface area contributed by atoms with Crippen molar-refractivity contribution in [2.45, 2.75) is 18.9 Å². The fraction of sp³-hybridized carbons (Fsp3) is 0.750. The lowest BCUT2D eigenvalue weighted by molar-refractivity contribution is -0.138. The summed E-state index contributed by atoms with van der Waals surface area (Å²) < 4.78 is 22.8. The Balaban J connectivity index is 3.50. The van der Waals surface area contributed by atoms with E-state index in [0.717, 1.165) is 0 Å². The number of rotatable bonds is 3. The van der Waals surface area contributed by atoms with Crippen LogP contribution in [0, 0.1) is 0 Å². The molecule has 0 aromatic rings. The molecule has 9 heavy (non-hydrogen) atoms. The first-order valence-electron chi connectivity index (χ1n) is 2.29. The first-order chi connectivity index (χ1) is 4.04. The van der Waals surface area contributed by atoms with Crippen LogP contribution in [0.3, 0.4) is 0 Å². The van der Waals surface area contributed by atoms with Gasteiger partial charge in [-0.2, -0.15) is 0 Å². The summed E-state index contributed by atoms with van der Waals surface area (Å²) in [7, 11) is 0. The summed E-state index contributed by atoms with van der Waals surface area (Å²) in [6.07, 6.45) is -3.43. The average molecular weight is 139 g/mol. The minimum Gasteiger partial charge on any atom is -0.481 e. The molecule has 0 aromatic carbocycles. The van der Waals surface area contributed by atoms with Crippen molar-refractivity contribution in [3.05, 3.63) is 0 Å². The highest BCUT2D eigenvalue weighted by Crippen LogP contribution is 2.00. The molecule has 0 aliphatic rings. The molecule has 0 saturated carbocycles. The molecular formula is C4H7F2NO2. The van der Waals surface area contributed by atoms with E-state index in [0.29, 0.717) is 0 Å². The molecule has 0 aromatic heterocycles. The van der Waals surface area contributed by atoms with Crippen molar-refractivity contribution < 1.29 is 18.7 Å². The quantitative estimate of drug-likeness (QED) is 0.580. The second-order valence-electron chi connectivity index (χ2n) is 1.60. The van der Waals surface area contributed by atoms with Crippen LogP contribution in [0.2, 0.25) is 0 Å². The molecule has 0 aliphatic carbocycles. The van der Waals surface area contributed by atoms with E-state index < -0.39 is 24.9 Å². The normalized spacial score (nSPS) is 13.8. The number of aliphatic carboxylic acids is 1. The molecule has 0 amide bonds. The zero-order valence-electron chi connectivity index (χ0n) is 4.55. The summed E-state index contributed by atoms with van der Waals surface area (Å²) in [4.78, 5) is 9.70. The molecule has 5 heteroatoms. The summed E-state index contributed by atoms with van der Waals surface area (Å²) in [6, 6.07) is -1.54. The van der Waals surface area contributed by atoms with Crippen molar-refractivity contribution in [2.75, 3.05) is 0 Å². The van der Waals surface area contributed by atoms with Crippen molar-refractivity contribution in [2.24, 2.45) is 5.73 Å². The van der Waals surface area contributed by atoms with Crippen molar-refractivity contribution >= 4 is 5.97 Å². The Kier molecular flexibility index (Phi) is 3.08. The second kappa shape index (κ2) is 3.34. The number of hydrogen-bond donors (Lipinski definition) is 2. The predicted molar refractivity (Wildman–Crippen MR) is 26.2 cm³/mol. The Morgan fingerprint density at radius 1 is 1.67 bits per heavy atom. The zero-order valence-corrected chi connectivity index (χ0v) is 4.55. The van der Waals surface area contributed by atoms with Crippen molar-refractivity contribution in [3.8, 4) is 0 Å². The fourth-order valence-electron chi connectivity index (χ4n) is 0.291.